The fourth-order valence-corrected chi connectivity index (χ4v) is 1.23. The molecule has 0 aromatic carbocycles. The second-order valence-electron chi connectivity index (χ2n) is 5.16. The molecule has 2 N–H and O–H groups in total. The van der Waals surface area contributed by atoms with E-state index in [0.717, 1.165) is 13.0 Å². The Bertz CT molecular complexity index is 254. The molecule has 21 heavy (non-hydrogen) atoms. The maximum absolute atomic E-state index is 11.0. The fourth-order valence-electron chi connectivity index (χ4n) is 1.23. The van der Waals surface area contributed by atoms with Crippen molar-refractivity contribution in [2.75, 3.05) is 13.2 Å². The van der Waals surface area contributed by atoms with E-state index >= 15 is 0 Å². The van der Waals surface area contributed by atoms with Crippen LogP contribution in [-0.2, 0) is 14.3 Å². The van der Waals surface area contributed by atoms with Crippen LogP contribution in [0.3, 0.4) is 0 Å². The quantitative estimate of drug-likeness (QED) is 0.678. The molecule has 5 heteroatoms. The first-order valence-corrected chi connectivity index (χ1v) is 7.49. The summed E-state index contributed by atoms with van der Waals surface area (Å²) in [6.45, 7) is 13.0. The number of carbonyl (C=O) groups excluding carboxylic acids is 2. The first kappa shape index (κ1) is 24.9. The summed E-state index contributed by atoms with van der Waals surface area (Å²) in [5, 5.41) is 5.55. The number of hydrogen-bond donors (Lipinski definition) is 2. The van der Waals surface area contributed by atoms with Crippen molar-refractivity contribution in [1.82, 2.24) is 10.6 Å². The third-order valence-corrected chi connectivity index (χ3v) is 2.04. The number of hydrogen-bond acceptors (Lipinski definition) is 3. The molecule has 0 aromatic heterocycles. The Morgan fingerprint density at radius 3 is 1.71 bits per heavy atom. The predicted molar refractivity (Wildman–Crippen MR) is 89.3 cm³/mol. The molecular formula is C16H36N2O3. The van der Waals surface area contributed by atoms with E-state index in [1.165, 1.54) is 0 Å². The molecular weight excluding hydrogens is 268 g/mol. The van der Waals surface area contributed by atoms with Gasteiger partial charge in [0, 0.05) is 31.5 Å². The summed E-state index contributed by atoms with van der Waals surface area (Å²) in [6.07, 6.45) is 2.06. The molecule has 0 saturated carbocycles. The highest BCUT2D eigenvalue weighted by Crippen LogP contribution is 1.87. The normalized spacial score (nSPS) is 9.52. The standard InChI is InChI=1S/C9H19NO2.C6H13NO.CH4/c1-4-6-12-7-5-9(11)10-8(2)3;1-4-6(8)7-5(2)3;/h8H,4-7H2,1-3H3,(H,10,11);5H,4H2,1-3H3,(H,7,8);1H4. The van der Waals surface area contributed by atoms with E-state index in [1.54, 1.807) is 0 Å². The molecule has 0 atom stereocenters. The molecule has 128 valence electrons. The molecule has 0 unspecified atom stereocenters. The molecule has 0 rings (SSSR count). The summed E-state index contributed by atoms with van der Waals surface area (Å²) in [5.74, 6) is 0.195. The van der Waals surface area contributed by atoms with Gasteiger partial charge >= 0.3 is 0 Å². The Balaban J connectivity index is -0.000000317. The van der Waals surface area contributed by atoms with E-state index in [2.05, 4.69) is 10.6 Å². The number of amides is 2. The molecule has 2 amide bonds. The van der Waals surface area contributed by atoms with Crippen molar-refractivity contribution in [3.05, 3.63) is 0 Å². The lowest BCUT2D eigenvalue weighted by molar-refractivity contribution is -0.123. The average Bonchev–Trinajstić information content (AvgIpc) is 2.33. The van der Waals surface area contributed by atoms with Crippen molar-refractivity contribution in [2.45, 2.75) is 80.3 Å². The van der Waals surface area contributed by atoms with Gasteiger partial charge in [-0.05, 0) is 34.1 Å². The molecule has 0 fully saturated rings. The van der Waals surface area contributed by atoms with Crippen LogP contribution >= 0.6 is 0 Å². The molecule has 5 nitrogen and oxygen atoms in total. The van der Waals surface area contributed by atoms with Crippen LogP contribution in [0.4, 0.5) is 0 Å². The second kappa shape index (κ2) is 17.0. The molecule has 0 spiro atoms. The van der Waals surface area contributed by atoms with Crippen molar-refractivity contribution >= 4 is 11.8 Å². The highest BCUT2D eigenvalue weighted by Gasteiger charge is 2.01. The first-order chi connectivity index (χ1) is 9.33. The topological polar surface area (TPSA) is 67.4 Å². The highest BCUT2D eigenvalue weighted by molar-refractivity contribution is 5.76. The van der Waals surface area contributed by atoms with Crippen LogP contribution in [0.1, 0.15) is 68.2 Å². The largest absolute Gasteiger partial charge is 0.381 e. The summed E-state index contributed by atoms with van der Waals surface area (Å²) in [5.41, 5.74) is 0. The van der Waals surface area contributed by atoms with E-state index in [4.69, 9.17) is 4.74 Å². The lowest BCUT2D eigenvalue weighted by Crippen LogP contribution is -2.30. The lowest BCUT2D eigenvalue weighted by Gasteiger charge is -2.07. The van der Waals surface area contributed by atoms with Gasteiger partial charge in [-0.25, -0.2) is 0 Å². The summed E-state index contributed by atoms with van der Waals surface area (Å²) >= 11 is 0. The Labute approximate surface area is 131 Å². The van der Waals surface area contributed by atoms with E-state index < -0.39 is 0 Å². The van der Waals surface area contributed by atoms with Crippen molar-refractivity contribution in [1.29, 1.82) is 0 Å². The van der Waals surface area contributed by atoms with Crippen LogP contribution in [0.25, 0.3) is 0 Å². The van der Waals surface area contributed by atoms with Crippen molar-refractivity contribution in [3.63, 3.8) is 0 Å². The third kappa shape index (κ3) is 24.3. The summed E-state index contributed by atoms with van der Waals surface area (Å²) in [4.78, 5) is 21.5. The van der Waals surface area contributed by atoms with Crippen LogP contribution < -0.4 is 10.6 Å². The summed E-state index contributed by atoms with van der Waals surface area (Å²) in [6, 6.07) is 0.506. The van der Waals surface area contributed by atoms with Crippen LogP contribution in [0.5, 0.6) is 0 Å². The van der Waals surface area contributed by atoms with E-state index in [-0.39, 0.29) is 31.3 Å². The molecule has 0 aliphatic heterocycles. The molecule has 0 saturated heterocycles. The summed E-state index contributed by atoms with van der Waals surface area (Å²) < 4.78 is 5.17. The van der Waals surface area contributed by atoms with Crippen molar-refractivity contribution < 1.29 is 14.3 Å². The zero-order valence-electron chi connectivity index (χ0n) is 13.9. The predicted octanol–water partition coefficient (Wildman–Crippen LogP) is 2.88. The maximum Gasteiger partial charge on any atom is 0.222 e. The number of carbonyl (C=O) groups is 2. The fraction of sp³-hybridized carbons (Fsp3) is 0.875. The van der Waals surface area contributed by atoms with Gasteiger partial charge in [-0.1, -0.05) is 21.3 Å². The molecule has 0 radical (unpaired) electrons. The van der Waals surface area contributed by atoms with Crippen LogP contribution in [0.15, 0.2) is 0 Å². The first-order valence-electron chi connectivity index (χ1n) is 7.49. The molecule has 0 heterocycles. The molecule has 0 aliphatic carbocycles. The van der Waals surface area contributed by atoms with Gasteiger partial charge in [0.1, 0.15) is 0 Å². The van der Waals surface area contributed by atoms with Gasteiger partial charge < -0.3 is 15.4 Å². The Morgan fingerprint density at radius 1 is 0.905 bits per heavy atom. The Hall–Kier alpha value is -1.10. The van der Waals surface area contributed by atoms with E-state index in [0.29, 0.717) is 19.4 Å². The van der Waals surface area contributed by atoms with E-state index in [9.17, 15) is 9.59 Å². The van der Waals surface area contributed by atoms with Gasteiger partial charge in [0.05, 0.1) is 6.61 Å². The van der Waals surface area contributed by atoms with Gasteiger partial charge in [0.2, 0.25) is 11.8 Å². The Morgan fingerprint density at radius 2 is 1.38 bits per heavy atom. The zero-order valence-corrected chi connectivity index (χ0v) is 13.9. The van der Waals surface area contributed by atoms with Gasteiger partial charge in [0.25, 0.3) is 0 Å². The highest BCUT2D eigenvalue weighted by atomic mass is 16.5. The number of ether oxygens (including phenoxy) is 1. The minimum atomic E-state index is 0. The molecule has 0 aliphatic rings. The number of nitrogens with one attached hydrogen (secondary N) is 2. The SMILES string of the molecule is C.CCC(=O)NC(C)C.CCCOCCC(=O)NC(C)C. The van der Waals surface area contributed by atoms with E-state index in [1.807, 2.05) is 41.5 Å². The minimum absolute atomic E-state index is 0. The molecule has 0 bridgehead atoms. The van der Waals surface area contributed by atoms with Crippen LogP contribution in [0.2, 0.25) is 0 Å². The summed E-state index contributed by atoms with van der Waals surface area (Å²) in [7, 11) is 0. The smallest absolute Gasteiger partial charge is 0.222 e. The average molecular weight is 304 g/mol. The van der Waals surface area contributed by atoms with Crippen LogP contribution in [-0.4, -0.2) is 37.1 Å². The van der Waals surface area contributed by atoms with Gasteiger partial charge in [-0.3, -0.25) is 9.59 Å². The van der Waals surface area contributed by atoms with Crippen molar-refractivity contribution in [2.24, 2.45) is 0 Å². The molecule has 0 aromatic rings. The third-order valence-electron chi connectivity index (χ3n) is 2.04. The monoisotopic (exact) mass is 304 g/mol. The van der Waals surface area contributed by atoms with Crippen LogP contribution in [0, 0.1) is 0 Å². The van der Waals surface area contributed by atoms with Gasteiger partial charge in [-0.15, -0.1) is 0 Å². The van der Waals surface area contributed by atoms with Gasteiger partial charge in [0.15, 0.2) is 0 Å². The van der Waals surface area contributed by atoms with Gasteiger partial charge in [-0.2, -0.15) is 0 Å². The zero-order chi connectivity index (χ0) is 16.0. The Kier molecular flexibility index (Phi) is 20.1. The number of rotatable bonds is 8. The second-order valence-corrected chi connectivity index (χ2v) is 5.16. The van der Waals surface area contributed by atoms with Crippen molar-refractivity contribution in [3.8, 4) is 0 Å². The minimum Gasteiger partial charge on any atom is -0.381 e. The lowest BCUT2D eigenvalue weighted by atomic mass is 10.3. The maximum atomic E-state index is 11.0.